The van der Waals surface area contributed by atoms with Crippen LogP contribution in [0.2, 0.25) is 0 Å². The molecule has 0 aliphatic carbocycles. The van der Waals surface area contributed by atoms with E-state index in [9.17, 15) is 27.9 Å². The van der Waals surface area contributed by atoms with Gasteiger partial charge in [-0.3, -0.25) is 4.79 Å². The van der Waals surface area contributed by atoms with Crippen LogP contribution < -0.4 is 25.4 Å². The highest BCUT2D eigenvalue weighted by atomic mass is 32.2. The molecule has 3 aliphatic rings. The number of carbonyl (C=O) groups is 3. The molecule has 2 aromatic rings. The topological polar surface area (TPSA) is 200 Å². The van der Waals surface area contributed by atoms with Crippen LogP contribution in [0.1, 0.15) is 32.3 Å². The SMILES string of the molecule is COC(=O)NCC(=O)NCCC(C)(C)CN(C[C@@H](O)[C@H](Cc1ccccc1)NC(=O)O[C@H]1CO[C@H]2OCC[C@H]21)S(=O)(=O)c1ccc2c(c1)OCO2. The first kappa shape index (κ1) is 38.1. The largest absolute Gasteiger partial charge is 0.454 e. The van der Waals surface area contributed by atoms with Gasteiger partial charge in [-0.25, -0.2) is 18.0 Å². The van der Waals surface area contributed by atoms with Crippen molar-refractivity contribution in [3.8, 4) is 11.5 Å². The van der Waals surface area contributed by atoms with Crippen LogP contribution in [0.4, 0.5) is 9.59 Å². The van der Waals surface area contributed by atoms with Gasteiger partial charge < -0.3 is 49.5 Å². The molecule has 16 nitrogen and oxygen atoms in total. The van der Waals surface area contributed by atoms with Gasteiger partial charge in [0.25, 0.3) is 0 Å². The Hall–Kier alpha value is -4.16. The van der Waals surface area contributed by atoms with Crippen LogP contribution >= 0.6 is 0 Å². The summed E-state index contributed by atoms with van der Waals surface area (Å²) in [6.07, 6.45) is -2.62. The van der Waals surface area contributed by atoms with Crippen LogP contribution in [0.3, 0.4) is 0 Å². The summed E-state index contributed by atoms with van der Waals surface area (Å²) in [5.41, 5.74) is 0.0776. The maximum Gasteiger partial charge on any atom is 0.407 e. The number of methoxy groups -OCH3 is 1. The number of nitrogens with zero attached hydrogens (tertiary/aromatic N) is 1. The molecule has 0 bridgehead atoms. The van der Waals surface area contributed by atoms with Crippen molar-refractivity contribution in [3.63, 3.8) is 0 Å². The summed E-state index contributed by atoms with van der Waals surface area (Å²) in [5, 5.41) is 19.6. The lowest BCUT2D eigenvalue weighted by Gasteiger charge is -2.35. The number of nitrogens with one attached hydrogen (secondary N) is 3. The number of carbonyl (C=O) groups excluding carboxylic acids is 3. The Morgan fingerprint density at radius 2 is 1.80 bits per heavy atom. The lowest BCUT2D eigenvalue weighted by molar-refractivity contribution is -0.120. The second kappa shape index (κ2) is 16.9. The molecule has 0 saturated carbocycles. The molecule has 3 heterocycles. The van der Waals surface area contributed by atoms with Crippen molar-refractivity contribution in [2.24, 2.45) is 11.3 Å². The van der Waals surface area contributed by atoms with E-state index < -0.39 is 64.6 Å². The fourth-order valence-corrected chi connectivity index (χ4v) is 7.84. The molecule has 280 valence electrons. The molecule has 2 saturated heterocycles. The number of rotatable bonds is 16. The van der Waals surface area contributed by atoms with E-state index in [1.807, 2.05) is 44.2 Å². The first-order valence-electron chi connectivity index (χ1n) is 16.8. The summed E-state index contributed by atoms with van der Waals surface area (Å²) < 4.78 is 61.9. The maximum absolute atomic E-state index is 14.3. The molecule has 0 aromatic heterocycles. The maximum atomic E-state index is 14.3. The number of ether oxygens (including phenoxy) is 6. The van der Waals surface area contributed by atoms with Gasteiger partial charge in [-0.15, -0.1) is 0 Å². The van der Waals surface area contributed by atoms with Gasteiger partial charge in [-0.05, 0) is 42.4 Å². The van der Waals surface area contributed by atoms with E-state index in [2.05, 4.69) is 20.7 Å². The van der Waals surface area contributed by atoms with Gasteiger partial charge in [-0.1, -0.05) is 44.2 Å². The lowest BCUT2D eigenvalue weighted by Crippen LogP contribution is -2.52. The van der Waals surface area contributed by atoms with Crippen molar-refractivity contribution in [1.82, 2.24) is 20.3 Å². The third kappa shape index (κ3) is 10.2. The van der Waals surface area contributed by atoms with Gasteiger partial charge >= 0.3 is 12.2 Å². The van der Waals surface area contributed by atoms with Crippen LogP contribution in [0.15, 0.2) is 53.4 Å². The zero-order chi connectivity index (χ0) is 36.6. The molecule has 17 heteroatoms. The van der Waals surface area contributed by atoms with Crippen molar-refractivity contribution in [3.05, 3.63) is 54.1 Å². The van der Waals surface area contributed by atoms with E-state index in [1.54, 1.807) is 0 Å². The van der Waals surface area contributed by atoms with Gasteiger partial charge in [-0.2, -0.15) is 4.31 Å². The zero-order valence-corrected chi connectivity index (χ0v) is 29.7. The van der Waals surface area contributed by atoms with Crippen LogP contribution in [-0.2, 0) is 40.2 Å². The fourth-order valence-electron chi connectivity index (χ4n) is 6.18. The molecule has 4 N–H and O–H groups in total. The fraction of sp³-hybridized carbons (Fsp3) is 0.559. The highest BCUT2D eigenvalue weighted by Crippen LogP contribution is 2.36. The molecule has 2 aromatic carbocycles. The highest BCUT2D eigenvalue weighted by Gasteiger charge is 2.44. The first-order chi connectivity index (χ1) is 24.3. The standard InChI is InChI=1S/C34H46N4O12S/c1-34(2,12-13-35-30(40)17-36-32(41)45-3)20-38(51(43,44)23-9-10-27-28(16-23)49-21-48-27)18-26(39)25(15-22-7-5-4-6-8-22)37-33(42)50-29-19-47-31-24(29)11-14-46-31/h4-10,16,24-26,29,31,39H,11-15,17-21H2,1-3H3,(H,35,40)(H,36,41)(H,37,42)/t24-,25-,26+,29-,31+/m0/s1. The first-order valence-corrected chi connectivity index (χ1v) is 18.2. The van der Waals surface area contributed by atoms with Crippen molar-refractivity contribution < 1.29 is 56.3 Å². The monoisotopic (exact) mass is 734 g/mol. The van der Waals surface area contributed by atoms with E-state index >= 15 is 0 Å². The summed E-state index contributed by atoms with van der Waals surface area (Å²) in [5.74, 6) is 0.147. The number of alkyl carbamates (subject to hydrolysis) is 2. The summed E-state index contributed by atoms with van der Waals surface area (Å²) >= 11 is 0. The minimum absolute atomic E-state index is 0.0422. The zero-order valence-electron chi connectivity index (χ0n) is 28.9. The van der Waals surface area contributed by atoms with Crippen LogP contribution in [0, 0.1) is 11.3 Å². The lowest BCUT2D eigenvalue weighted by atomic mass is 9.89. The second-order valence-electron chi connectivity index (χ2n) is 13.4. The summed E-state index contributed by atoms with van der Waals surface area (Å²) in [7, 11) is -3.07. The van der Waals surface area contributed by atoms with Crippen LogP contribution in [0.25, 0.3) is 0 Å². The molecule has 3 amide bonds. The normalized spacial score (nSPS) is 20.7. The summed E-state index contributed by atoms with van der Waals surface area (Å²) in [4.78, 5) is 36.7. The number of fused-ring (bicyclic) bond motifs is 2. The predicted octanol–water partition coefficient (Wildman–Crippen LogP) is 1.75. The Balaban J connectivity index is 1.33. The average molecular weight is 735 g/mol. The van der Waals surface area contributed by atoms with Gasteiger partial charge in [0.1, 0.15) is 6.10 Å². The number of sulfonamides is 1. The molecule has 3 aliphatic heterocycles. The van der Waals surface area contributed by atoms with Gasteiger partial charge in [0.2, 0.25) is 22.7 Å². The molecule has 5 atom stereocenters. The van der Waals surface area contributed by atoms with E-state index in [4.69, 9.17) is 23.7 Å². The second-order valence-corrected chi connectivity index (χ2v) is 15.3. The molecular formula is C34H46N4O12S. The van der Waals surface area contributed by atoms with Gasteiger partial charge in [0.05, 0.1) is 49.8 Å². The van der Waals surface area contributed by atoms with Crippen LogP contribution in [-0.4, -0.2) is 114 Å². The molecule has 5 rings (SSSR count). The number of hydrogen-bond donors (Lipinski definition) is 4. The molecule has 2 fully saturated rings. The molecular weight excluding hydrogens is 688 g/mol. The Labute approximate surface area is 297 Å². The molecule has 0 radical (unpaired) electrons. The summed E-state index contributed by atoms with van der Waals surface area (Å²) in [6, 6.07) is 12.5. The third-order valence-electron chi connectivity index (χ3n) is 8.99. The Morgan fingerprint density at radius 3 is 2.57 bits per heavy atom. The summed E-state index contributed by atoms with van der Waals surface area (Å²) in [6.45, 7) is 3.76. The minimum atomic E-state index is -4.26. The Morgan fingerprint density at radius 1 is 1.04 bits per heavy atom. The quantitative estimate of drug-likeness (QED) is 0.195. The molecule has 0 spiro atoms. The Kier molecular flexibility index (Phi) is 12.6. The van der Waals surface area contributed by atoms with E-state index in [1.165, 1.54) is 29.6 Å². The molecule has 0 unspecified atom stereocenters. The van der Waals surface area contributed by atoms with Crippen molar-refractivity contribution in [2.75, 3.05) is 53.3 Å². The van der Waals surface area contributed by atoms with E-state index in [0.717, 1.165) is 5.56 Å². The predicted molar refractivity (Wildman–Crippen MR) is 180 cm³/mol. The van der Waals surface area contributed by atoms with Gasteiger partial charge in [0.15, 0.2) is 17.8 Å². The third-order valence-corrected chi connectivity index (χ3v) is 10.8. The number of aliphatic hydroxyl groups excluding tert-OH is 1. The number of amides is 3. The Bertz CT molecular complexity index is 1630. The van der Waals surface area contributed by atoms with Crippen molar-refractivity contribution in [2.45, 2.75) is 62.5 Å². The molecule has 51 heavy (non-hydrogen) atoms. The highest BCUT2D eigenvalue weighted by molar-refractivity contribution is 7.89. The number of benzene rings is 2. The van der Waals surface area contributed by atoms with E-state index in [-0.39, 0.29) is 56.0 Å². The van der Waals surface area contributed by atoms with Crippen LogP contribution in [0.5, 0.6) is 11.5 Å². The minimum Gasteiger partial charge on any atom is -0.454 e. The number of aliphatic hydroxyl groups is 1. The van der Waals surface area contributed by atoms with Crippen molar-refractivity contribution in [1.29, 1.82) is 0 Å². The smallest absolute Gasteiger partial charge is 0.407 e. The van der Waals surface area contributed by atoms with Crippen molar-refractivity contribution >= 4 is 28.1 Å². The van der Waals surface area contributed by atoms with Gasteiger partial charge in [0, 0.05) is 25.7 Å². The number of hydrogen-bond acceptors (Lipinski definition) is 12. The van der Waals surface area contributed by atoms with E-state index in [0.29, 0.717) is 25.2 Å². The average Bonchev–Trinajstić information content (AvgIpc) is 3.85.